The quantitative estimate of drug-likeness (QED) is 0.166. The van der Waals surface area contributed by atoms with Gasteiger partial charge in [0.2, 0.25) is 0 Å². The first kappa shape index (κ1) is 28.6. The van der Waals surface area contributed by atoms with Gasteiger partial charge in [-0.2, -0.15) is 22.0 Å². The molecule has 216 valence electrons. The summed E-state index contributed by atoms with van der Waals surface area (Å²) in [6, 6.07) is 7.10. The Morgan fingerprint density at radius 1 is 1.07 bits per heavy atom. The van der Waals surface area contributed by atoms with Crippen LogP contribution in [-0.2, 0) is 19.2 Å². The standard InChI is InChI=1S/C30H32F5NO4/c1-17(37)40-36-16-18-4-6-19(7-5-18)24-15-27(2)25(12-13-28(27,39-3)29(31,32)30(33,34)35)23-10-8-20-14-21(38)9-11-22(20)26(23)24/h4-7,14,16,23-25H,8-13,15H2,1-3H3/b36-16+/t23?,24-,25?,27+,28+/m1/s1. The molecule has 0 aliphatic heterocycles. The molecule has 0 aromatic heterocycles. The Morgan fingerprint density at radius 2 is 1.77 bits per heavy atom. The van der Waals surface area contributed by atoms with E-state index < -0.39 is 47.3 Å². The second-order valence-electron chi connectivity index (χ2n) is 11.6. The van der Waals surface area contributed by atoms with Gasteiger partial charge >= 0.3 is 18.1 Å². The van der Waals surface area contributed by atoms with Gasteiger partial charge in [0.1, 0.15) is 5.60 Å². The Kier molecular flexibility index (Phi) is 7.08. The van der Waals surface area contributed by atoms with Crippen LogP contribution in [0.4, 0.5) is 22.0 Å². The molecule has 0 N–H and O–H groups in total. The summed E-state index contributed by atoms with van der Waals surface area (Å²) in [7, 11) is 0.974. The minimum atomic E-state index is -5.76. The van der Waals surface area contributed by atoms with E-state index in [1.54, 1.807) is 25.1 Å². The van der Waals surface area contributed by atoms with Crippen LogP contribution < -0.4 is 0 Å². The molecular formula is C30H32F5NO4. The molecule has 5 nitrogen and oxygen atoms in total. The third kappa shape index (κ3) is 4.25. The molecule has 0 heterocycles. The molecule has 0 spiro atoms. The third-order valence-electron chi connectivity index (χ3n) is 9.79. The summed E-state index contributed by atoms with van der Waals surface area (Å²) in [4.78, 5) is 27.8. The van der Waals surface area contributed by atoms with E-state index in [4.69, 9.17) is 4.74 Å². The van der Waals surface area contributed by atoms with E-state index in [1.165, 1.54) is 13.1 Å². The SMILES string of the molecule is CO[C@@]1(C(F)(F)C(F)(F)F)CCC2C3CCC4=CC(=O)CCC4=C3[C@@H](c3ccc(/C=N/OC(C)=O)cc3)C[C@@]21C. The number of rotatable bonds is 5. The third-order valence-corrected chi connectivity index (χ3v) is 9.79. The zero-order valence-electron chi connectivity index (χ0n) is 22.6. The maximum Gasteiger partial charge on any atom is 0.456 e. The lowest BCUT2D eigenvalue weighted by Crippen LogP contribution is -2.66. The van der Waals surface area contributed by atoms with E-state index >= 15 is 8.78 Å². The van der Waals surface area contributed by atoms with Crippen molar-refractivity contribution in [3.8, 4) is 0 Å². The smallest absolute Gasteiger partial charge is 0.371 e. The lowest BCUT2D eigenvalue weighted by molar-refractivity contribution is -0.367. The van der Waals surface area contributed by atoms with E-state index in [0.29, 0.717) is 31.2 Å². The molecule has 10 heteroatoms. The number of ketones is 1. The number of oxime groups is 1. The van der Waals surface area contributed by atoms with Gasteiger partial charge in [0, 0.05) is 31.8 Å². The van der Waals surface area contributed by atoms with Gasteiger partial charge in [-0.25, -0.2) is 4.79 Å². The molecule has 5 atom stereocenters. The average molecular weight is 566 g/mol. The topological polar surface area (TPSA) is 65.0 Å². The van der Waals surface area contributed by atoms with Crippen molar-refractivity contribution in [2.24, 2.45) is 22.4 Å². The summed E-state index contributed by atoms with van der Waals surface area (Å²) in [5.74, 6) is -6.62. The highest BCUT2D eigenvalue weighted by atomic mass is 19.4. The number of halogens is 5. The van der Waals surface area contributed by atoms with E-state index in [0.717, 1.165) is 29.4 Å². The van der Waals surface area contributed by atoms with Crippen molar-refractivity contribution >= 4 is 18.0 Å². The predicted molar refractivity (Wildman–Crippen MR) is 137 cm³/mol. The second-order valence-corrected chi connectivity index (χ2v) is 11.6. The number of alkyl halides is 5. The van der Waals surface area contributed by atoms with Gasteiger partial charge in [-0.3, -0.25) is 4.79 Å². The summed E-state index contributed by atoms with van der Waals surface area (Å²) in [5, 5.41) is 3.61. The molecule has 0 radical (unpaired) electrons. The van der Waals surface area contributed by atoms with Crippen LogP contribution in [0.5, 0.6) is 0 Å². The minimum Gasteiger partial charge on any atom is -0.371 e. The van der Waals surface area contributed by atoms with Gasteiger partial charge in [0.05, 0.1) is 6.21 Å². The van der Waals surface area contributed by atoms with E-state index in [1.807, 2.05) is 12.1 Å². The minimum absolute atomic E-state index is 0.0502. The first-order valence-corrected chi connectivity index (χ1v) is 13.5. The van der Waals surface area contributed by atoms with Crippen LogP contribution in [0, 0.1) is 17.3 Å². The van der Waals surface area contributed by atoms with Gasteiger partial charge in [0.15, 0.2) is 5.78 Å². The summed E-state index contributed by atoms with van der Waals surface area (Å²) >= 11 is 0. The fourth-order valence-corrected chi connectivity index (χ4v) is 8.13. The highest BCUT2D eigenvalue weighted by molar-refractivity contribution is 5.93. The van der Waals surface area contributed by atoms with E-state index in [9.17, 15) is 22.8 Å². The Labute approximate surface area is 229 Å². The van der Waals surface area contributed by atoms with Gasteiger partial charge in [-0.15, -0.1) is 0 Å². The van der Waals surface area contributed by atoms with Crippen molar-refractivity contribution in [2.75, 3.05) is 7.11 Å². The maximum atomic E-state index is 15.4. The molecule has 0 saturated heterocycles. The monoisotopic (exact) mass is 565 g/mol. The van der Waals surface area contributed by atoms with Gasteiger partial charge < -0.3 is 9.57 Å². The number of methoxy groups -OCH3 is 1. The summed E-state index contributed by atoms with van der Waals surface area (Å²) in [5.41, 5.74) is 0.313. The van der Waals surface area contributed by atoms with Crippen LogP contribution in [0.15, 0.2) is 52.2 Å². The lowest BCUT2D eigenvalue weighted by atomic mass is 9.50. The molecule has 40 heavy (non-hydrogen) atoms. The van der Waals surface area contributed by atoms with Crippen LogP contribution in [0.25, 0.3) is 0 Å². The van der Waals surface area contributed by atoms with Crippen molar-refractivity contribution in [2.45, 2.75) is 82.4 Å². The molecule has 1 aromatic rings. The molecule has 4 aliphatic rings. The van der Waals surface area contributed by atoms with E-state index in [-0.39, 0.29) is 24.5 Å². The normalized spacial score (nSPS) is 32.5. The zero-order valence-corrected chi connectivity index (χ0v) is 22.6. The van der Waals surface area contributed by atoms with Gasteiger partial charge in [-0.1, -0.05) is 41.9 Å². The molecule has 5 rings (SSSR count). The van der Waals surface area contributed by atoms with Crippen molar-refractivity contribution in [3.63, 3.8) is 0 Å². The zero-order chi connectivity index (χ0) is 29.1. The van der Waals surface area contributed by atoms with Gasteiger partial charge in [0.25, 0.3) is 0 Å². The van der Waals surface area contributed by atoms with Crippen LogP contribution in [0.2, 0.25) is 0 Å². The number of carbonyl (C=O) groups is 2. The number of ether oxygens (including phenoxy) is 1. The molecule has 0 bridgehead atoms. The average Bonchev–Trinajstić information content (AvgIpc) is 3.20. The van der Waals surface area contributed by atoms with Crippen LogP contribution in [0.3, 0.4) is 0 Å². The lowest BCUT2D eigenvalue weighted by Gasteiger charge is -2.57. The largest absolute Gasteiger partial charge is 0.456 e. The van der Waals surface area contributed by atoms with Crippen LogP contribution in [-0.4, -0.2) is 42.8 Å². The summed E-state index contributed by atoms with van der Waals surface area (Å²) in [6.45, 7) is 2.78. The van der Waals surface area contributed by atoms with Gasteiger partial charge in [-0.05, 0) is 78.7 Å². The van der Waals surface area contributed by atoms with E-state index in [2.05, 4.69) is 9.99 Å². The fraction of sp³-hybridized carbons (Fsp3) is 0.567. The highest BCUT2D eigenvalue weighted by Crippen LogP contribution is 2.71. The first-order valence-electron chi connectivity index (χ1n) is 13.5. The molecular weight excluding hydrogens is 533 g/mol. The predicted octanol–water partition coefficient (Wildman–Crippen LogP) is 7.07. The molecule has 1 aromatic carbocycles. The van der Waals surface area contributed by atoms with Crippen LogP contribution >= 0.6 is 0 Å². The van der Waals surface area contributed by atoms with Crippen LogP contribution in [0.1, 0.15) is 75.8 Å². The maximum absolute atomic E-state index is 15.4. The molecule has 2 saturated carbocycles. The van der Waals surface area contributed by atoms with Crippen molar-refractivity contribution < 1.29 is 41.1 Å². The number of hydrogen-bond donors (Lipinski definition) is 0. The van der Waals surface area contributed by atoms with Crippen molar-refractivity contribution in [3.05, 3.63) is 58.2 Å². The molecule has 2 fully saturated rings. The van der Waals surface area contributed by atoms with Crippen molar-refractivity contribution in [1.29, 1.82) is 0 Å². The van der Waals surface area contributed by atoms with Crippen molar-refractivity contribution in [1.82, 2.24) is 0 Å². The second kappa shape index (κ2) is 9.89. The molecule has 4 aliphatic carbocycles. The Balaban J connectivity index is 1.64. The summed E-state index contributed by atoms with van der Waals surface area (Å²) < 4.78 is 78.0. The number of fused-ring (bicyclic) bond motifs is 4. The molecule has 2 unspecified atom stereocenters. The summed E-state index contributed by atoms with van der Waals surface area (Å²) in [6.07, 6.45) is -0.801. The number of allylic oxidation sites excluding steroid dienone is 4. The Hall–Kier alpha value is -2.88. The number of carbonyl (C=O) groups excluding carboxylic acids is 2. The highest BCUT2D eigenvalue weighted by Gasteiger charge is 2.80. The molecule has 0 amide bonds. The Morgan fingerprint density at radius 3 is 2.40 bits per heavy atom. The fourth-order valence-electron chi connectivity index (χ4n) is 8.13. The number of nitrogens with zero attached hydrogens (tertiary/aromatic N) is 1. The number of benzene rings is 1. The number of hydrogen-bond acceptors (Lipinski definition) is 5. The Bertz CT molecular complexity index is 1300. The first-order chi connectivity index (χ1) is 18.8.